The Hall–Kier alpha value is -1.85. The average molecular weight is 249 g/mol. The Morgan fingerprint density at radius 1 is 1.28 bits per heavy atom. The van der Waals surface area contributed by atoms with Crippen LogP contribution in [-0.4, -0.2) is 44.1 Å². The van der Waals surface area contributed by atoms with E-state index in [2.05, 4.69) is 15.3 Å². The fraction of sp³-hybridized carbons (Fsp3) is 0.583. The number of nitrogens with one attached hydrogen (secondary N) is 1. The number of amides is 1. The highest BCUT2D eigenvalue weighted by Crippen LogP contribution is 2.31. The molecule has 0 bridgehead atoms. The van der Waals surface area contributed by atoms with Crippen molar-refractivity contribution in [1.82, 2.24) is 9.97 Å². The van der Waals surface area contributed by atoms with Crippen molar-refractivity contribution in [2.75, 3.05) is 43.3 Å². The summed E-state index contributed by atoms with van der Waals surface area (Å²) in [7, 11) is 7.57. The van der Waals surface area contributed by atoms with Crippen LogP contribution in [-0.2, 0) is 4.79 Å². The molecule has 6 heteroatoms. The van der Waals surface area contributed by atoms with Crippen LogP contribution in [0.5, 0.6) is 0 Å². The lowest BCUT2D eigenvalue weighted by molar-refractivity contribution is -0.117. The van der Waals surface area contributed by atoms with Gasteiger partial charge in [0.25, 0.3) is 0 Å². The van der Waals surface area contributed by atoms with Crippen molar-refractivity contribution in [3.05, 3.63) is 6.20 Å². The molecule has 1 fully saturated rings. The third-order valence-electron chi connectivity index (χ3n) is 2.79. The van der Waals surface area contributed by atoms with Gasteiger partial charge in [-0.05, 0) is 12.8 Å². The topological polar surface area (TPSA) is 61.4 Å². The largest absolute Gasteiger partial charge is 0.361 e. The molecule has 1 saturated carbocycles. The Bertz CT molecular complexity index is 454. The van der Waals surface area contributed by atoms with Crippen LogP contribution in [0.25, 0.3) is 0 Å². The second-order valence-corrected chi connectivity index (χ2v) is 4.96. The zero-order valence-electron chi connectivity index (χ0n) is 11.3. The molecule has 1 aliphatic rings. The van der Waals surface area contributed by atoms with E-state index in [1.807, 2.05) is 38.0 Å². The highest BCUT2D eigenvalue weighted by atomic mass is 16.2. The summed E-state index contributed by atoms with van der Waals surface area (Å²) in [5, 5.41) is 2.90. The molecule has 6 nitrogen and oxygen atoms in total. The molecule has 2 rings (SSSR count). The lowest BCUT2D eigenvalue weighted by Gasteiger charge is -2.19. The summed E-state index contributed by atoms with van der Waals surface area (Å²) < 4.78 is 0. The molecule has 0 spiro atoms. The SMILES string of the molecule is CN(C)c1ncc(NC(=O)C2CC2)c(N(C)C)n1. The second kappa shape index (κ2) is 4.80. The summed E-state index contributed by atoms with van der Waals surface area (Å²) in [5.41, 5.74) is 0.669. The minimum absolute atomic E-state index is 0.0688. The first-order chi connectivity index (χ1) is 8.49. The van der Waals surface area contributed by atoms with Crippen molar-refractivity contribution >= 4 is 23.4 Å². The van der Waals surface area contributed by atoms with Crippen LogP contribution in [0.3, 0.4) is 0 Å². The lowest BCUT2D eigenvalue weighted by atomic mass is 10.3. The van der Waals surface area contributed by atoms with Gasteiger partial charge in [-0.15, -0.1) is 0 Å². The van der Waals surface area contributed by atoms with Crippen molar-refractivity contribution in [3.63, 3.8) is 0 Å². The first-order valence-corrected chi connectivity index (χ1v) is 6.01. The summed E-state index contributed by atoms with van der Waals surface area (Å²) >= 11 is 0. The van der Waals surface area contributed by atoms with Gasteiger partial charge in [0.2, 0.25) is 11.9 Å². The minimum atomic E-state index is 0.0688. The first kappa shape index (κ1) is 12.6. The van der Waals surface area contributed by atoms with Crippen LogP contribution < -0.4 is 15.1 Å². The molecule has 98 valence electrons. The van der Waals surface area contributed by atoms with E-state index in [1.165, 1.54) is 0 Å². The van der Waals surface area contributed by atoms with Gasteiger partial charge in [-0.2, -0.15) is 4.98 Å². The highest BCUT2D eigenvalue weighted by Gasteiger charge is 2.30. The molecule has 18 heavy (non-hydrogen) atoms. The molecule has 0 aliphatic heterocycles. The summed E-state index contributed by atoms with van der Waals surface area (Å²) in [5.74, 6) is 1.60. The van der Waals surface area contributed by atoms with Crippen LogP contribution >= 0.6 is 0 Å². The van der Waals surface area contributed by atoms with Gasteiger partial charge in [-0.1, -0.05) is 0 Å². The predicted molar refractivity (Wildman–Crippen MR) is 72.0 cm³/mol. The Kier molecular flexibility index (Phi) is 3.36. The van der Waals surface area contributed by atoms with Crippen LogP contribution in [0.2, 0.25) is 0 Å². The van der Waals surface area contributed by atoms with Crippen LogP contribution in [0.1, 0.15) is 12.8 Å². The van der Waals surface area contributed by atoms with E-state index in [0.717, 1.165) is 18.7 Å². The molecule has 1 aliphatic carbocycles. The van der Waals surface area contributed by atoms with Crippen molar-refractivity contribution in [2.45, 2.75) is 12.8 Å². The van der Waals surface area contributed by atoms with E-state index >= 15 is 0 Å². The molecular formula is C12H19N5O. The van der Waals surface area contributed by atoms with Gasteiger partial charge in [0.1, 0.15) is 5.69 Å². The predicted octanol–water partition coefficient (Wildman–Crippen LogP) is 0.957. The number of anilines is 3. The number of carbonyl (C=O) groups excluding carboxylic acids is 1. The highest BCUT2D eigenvalue weighted by molar-refractivity contribution is 5.96. The van der Waals surface area contributed by atoms with E-state index in [0.29, 0.717) is 11.6 Å². The van der Waals surface area contributed by atoms with Crippen LogP contribution in [0.4, 0.5) is 17.5 Å². The molecule has 0 saturated heterocycles. The number of rotatable bonds is 4. The fourth-order valence-electron chi connectivity index (χ4n) is 1.59. The Morgan fingerprint density at radius 3 is 2.44 bits per heavy atom. The molecule has 0 aromatic carbocycles. The summed E-state index contributed by atoms with van der Waals surface area (Å²) in [6.07, 6.45) is 3.64. The van der Waals surface area contributed by atoms with E-state index in [4.69, 9.17) is 0 Å². The monoisotopic (exact) mass is 249 g/mol. The third-order valence-corrected chi connectivity index (χ3v) is 2.79. The lowest BCUT2D eigenvalue weighted by Crippen LogP contribution is -2.21. The normalized spacial score (nSPS) is 14.2. The second-order valence-electron chi connectivity index (χ2n) is 4.96. The summed E-state index contributed by atoms with van der Waals surface area (Å²) in [4.78, 5) is 24.1. The number of hydrogen-bond acceptors (Lipinski definition) is 5. The summed E-state index contributed by atoms with van der Waals surface area (Å²) in [6.45, 7) is 0. The maximum absolute atomic E-state index is 11.8. The molecule has 0 radical (unpaired) electrons. The van der Waals surface area contributed by atoms with E-state index in [9.17, 15) is 4.79 Å². The molecule has 1 aromatic rings. The van der Waals surface area contributed by atoms with Gasteiger partial charge in [0, 0.05) is 34.1 Å². The number of carbonyl (C=O) groups is 1. The molecule has 1 heterocycles. The van der Waals surface area contributed by atoms with Gasteiger partial charge in [-0.3, -0.25) is 4.79 Å². The fourth-order valence-corrected chi connectivity index (χ4v) is 1.59. The van der Waals surface area contributed by atoms with Crippen molar-refractivity contribution in [3.8, 4) is 0 Å². The molecule has 0 unspecified atom stereocenters. The average Bonchev–Trinajstić information content (AvgIpc) is 3.12. The van der Waals surface area contributed by atoms with Crippen molar-refractivity contribution in [1.29, 1.82) is 0 Å². The minimum Gasteiger partial charge on any atom is -0.361 e. The zero-order valence-corrected chi connectivity index (χ0v) is 11.3. The van der Waals surface area contributed by atoms with Gasteiger partial charge < -0.3 is 15.1 Å². The number of nitrogens with zero attached hydrogens (tertiary/aromatic N) is 4. The summed E-state index contributed by atoms with van der Waals surface area (Å²) in [6, 6.07) is 0. The van der Waals surface area contributed by atoms with Crippen molar-refractivity contribution in [2.24, 2.45) is 5.92 Å². The smallest absolute Gasteiger partial charge is 0.227 e. The molecule has 0 atom stereocenters. The Balaban J connectivity index is 2.24. The molecule has 1 aromatic heterocycles. The quantitative estimate of drug-likeness (QED) is 0.861. The molecular weight excluding hydrogens is 230 g/mol. The van der Waals surface area contributed by atoms with Gasteiger partial charge >= 0.3 is 0 Å². The zero-order chi connectivity index (χ0) is 13.3. The third kappa shape index (κ3) is 2.69. The Labute approximate surface area is 107 Å². The van der Waals surface area contributed by atoms with Gasteiger partial charge in [0.15, 0.2) is 5.82 Å². The van der Waals surface area contributed by atoms with Crippen LogP contribution in [0, 0.1) is 5.92 Å². The van der Waals surface area contributed by atoms with Crippen LogP contribution in [0.15, 0.2) is 6.20 Å². The maximum atomic E-state index is 11.8. The van der Waals surface area contributed by atoms with Crippen molar-refractivity contribution < 1.29 is 4.79 Å². The molecule has 1 N–H and O–H groups in total. The van der Waals surface area contributed by atoms with E-state index in [1.54, 1.807) is 6.20 Å². The number of hydrogen-bond donors (Lipinski definition) is 1. The van der Waals surface area contributed by atoms with Gasteiger partial charge in [0.05, 0.1) is 6.20 Å². The Morgan fingerprint density at radius 2 is 1.94 bits per heavy atom. The standard InChI is InChI=1S/C12H19N5O/c1-16(2)10-9(14-11(18)8-5-6-8)7-13-12(15-10)17(3)4/h7-8H,5-6H2,1-4H3,(H,14,18). The van der Waals surface area contributed by atoms with E-state index in [-0.39, 0.29) is 11.8 Å². The van der Waals surface area contributed by atoms with Gasteiger partial charge in [-0.25, -0.2) is 4.98 Å². The number of aromatic nitrogens is 2. The first-order valence-electron chi connectivity index (χ1n) is 6.01. The van der Waals surface area contributed by atoms with E-state index < -0.39 is 0 Å². The maximum Gasteiger partial charge on any atom is 0.227 e. The molecule has 1 amide bonds.